The number of aromatic nitrogens is 2. The monoisotopic (exact) mass is 340 g/mol. The summed E-state index contributed by atoms with van der Waals surface area (Å²) in [4.78, 5) is 14.5. The number of benzene rings is 1. The minimum Gasteiger partial charge on any atom is -0.341 e. The number of para-hydroxylation sites is 1. The number of hydrogen-bond acceptors (Lipinski definition) is 3. The Kier molecular flexibility index (Phi) is 4.95. The van der Waals surface area contributed by atoms with Gasteiger partial charge in [0, 0.05) is 36.8 Å². The first-order valence-corrected chi connectivity index (χ1v) is 9.00. The van der Waals surface area contributed by atoms with E-state index in [9.17, 15) is 4.79 Å². The zero-order chi connectivity index (χ0) is 18.1. The van der Waals surface area contributed by atoms with E-state index in [4.69, 9.17) is 10.8 Å². The van der Waals surface area contributed by atoms with Crippen molar-refractivity contribution in [3.63, 3.8) is 0 Å². The van der Waals surface area contributed by atoms with Crippen LogP contribution in [0, 0.1) is 26.7 Å². The summed E-state index contributed by atoms with van der Waals surface area (Å²) in [6.45, 7) is 6.77. The predicted octanol–water partition coefficient (Wildman–Crippen LogP) is 2.88. The lowest BCUT2D eigenvalue weighted by Crippen LogP contribution is -2.32. The second-order valence-electron chi connectivity index (χ2n) is 7.31. The first-order chi connectivity index (χ1) is 11.9. The Morgan fingerprint density at radius 1 is 1.28 bits per heavy atom. The van der Waals surface area contributed by atoms with Crippen LogP contribution in [0.5, 0.6) is 0 Å². The minimum atomic E-state index is 0.0759. The average Bonchev–Trinajstić information content (AvgIpc) is 3.13. The molecule has 2 unspecified atom stereocenters. The molecule has 0 radical (unpaired) electrons. The number of rotatable bonds is 4. The van der Waals surface area contributed by atoms with E-state index in [1.54, 1.807) is 0 Å². The van der Waals surface area contributed by atoms with Crippen molar-refractivity contribution in [2.45, 2.75) is 52.6 Å². The highest BCUT2D eigenvalue weighted by Gasteiger charge is 2.30. The number of nitrogens with two attached hydrogens (primary N) is 1. The standard InChI is InChI=1S/C20H28N4O/c1-13-7-5-6-8-19(13)24-15(3)18(14(2)22-24)12-23(4)20(25)16-9-10-17(21)11-16/h5-8,16-17H,9-12,21H2,1-4H3. The molecule has 3 rings (SSSR count). The number of hydrogen-bond donors (Lipinski definition) is 1. The van der Waals surface area contributed by atoms with Gasteiger partial charge in [-0.05, 0) is 51.7 Å². The van der Waals surface area contributed by atoms with Crippen LogP contribution < -0.4 is 5.73 Å². The Labute approximate surface area is 149 Å². The molecule has 1 aromatic carbocycles. The van der Waals surface area contributed by atoms with E-state index in [1.807, 2.05) is 35.7 Å². The molecule has 2 N–H and O–H groups in total. The highest BCUT2D eigenvalue weighted by molar-refractivity contribution is 5.79. The van der Waals surface area contributed by atoms with Crippen LogP contribution in [0.4, 0.5) is 0 Å². The van der Waals surface area contributed by atoms with Gasteiger partial charge in [0.1, 0.15) is 0 Å². The zero-order valence-electron chi connectivity index (χ0n) is 15.6. The molecule has 5 nitrogen and oxygen atoms in total. The van der Waals surface area contributed by atoms with Gasteiger partial charge in [0.15, 0.2) is 0 Å². The normalized spacial score (nSPS) is 20.0. The topological polar surface area (TPSA) is 64.2 Å². The zero-order valence-corrected chi connectivity index (χ0v) is 15.6. The Hall–Kier alpha value is -2.14. The van der Waals surface area contributed by atoms with Crippen LogP contribution in [0.1, 0.15) is 41.8 Å². The molecule has 1 amide bonds. The van der Waals surface area contributed by atoms with Gasteiger partial charge >= 0.3 is 0 Å². The average molecular weight is 340 g/mol. The lowest BCUT2D eigenvalue weighted by molar-refractivity contribution is -0.134. The van der Waals surface area contributed by atoms with Crippen molar-refractivity contribution < 1.29 is 4.79 Å². The summed E-state index contributed by atoms with van der Waals surface area (Å²) in [7, 11) is 1.89. The van der Waals surface area contributed by atoms with E-state index in [-0.39, 0.29) is 17.9 Å². The van der Waals surface area contributed by atoms with Crippen molar-refractivity contribution in [3.05, 3.63) is 46.8 Å². The van der Waals surface area contributed by atoms with Gasteiger partial charge in [-0.15, -0.1) is 0 Å². The molecule has 134 valence electrons. The van der Waals surface area contributed by atoms with Crippen LogP contribution in [0.3, 0.4) is 0 Å². The molecule has 1 heterocycles. The maximum absolute atomic E-state index is 12.7. The largest absolute Gasteiger partial charge is 0.341 e. The maximum Gasteiger partial charge on any atom is 0.225 e. The molecular weight excluding hydrogens is 312 g/mol. The summed E-state index contributed by atoms with van der Waals surface area (Å²) < 4.78 is 1.99. The van der Waals surface area contributed by atoms with E-state index in [0.717, 1.165) is 41.9 Å². The van der Waals surface area contributed by atoms with Gasteiger partial charge in [-0.3, -0.25) is 4.79 Å². The summed E-state index contributed by atoms with van der Waals surface area (Å²) in [5.41, 5.74) is 11.4. The molecule has 0 saturated heterocycles. The second kappa shape index (κ2) is 7.00. The van der Waals surface area contributed by atoms with Crippen LogP contribution in [0.25, 0.3) is 5.69 Å². The summed E-state index contributed by atoms with van der Waals surface area (Å²) in [6.07, 6.45) is 2.67. The lowest BCUT2D eigenvalue weighted by atomic mass is 10.1. The smallest absolute Gasteiger partial charge is 0.225 e. The Balaban J connectivity index is 1.81. The van der Waals surface area contributed by atoms with Crippen LogP contribution in [-0.2, 0) is 11.3 Å². The van der Waals surface area contributed by atoms with Gasteiger partial charge < -0.3 is 10.6 Å². The fourth-order valence-electron chi connectivity index (χ4n) is 3.81. The molecule has 0 spiro atoms. The van der Waals surface area contributed by atoms with Gasteiger partial charge in [-0.25, -0.2) is 4.68 Å². The van der Waals surface area contributed by atoms with E-state index < -0.39 is 0 Å². The van der Waals surface area contributed by atoms with E-state index in [2.05, 4.69) is 26.0 Å². The number of amides is 1. The van der Waals surface area contributed by atoms with Crippen molar-refractivity contribution >= 4 is 5.91 Å². The number of carbonyl (C=O) groups excluding carboxylic acids is 1. The molecule has 1 aliphatic carbocycles. The molecule has 2 atom stereocenters. The van der Waals surface area contributed by atoms with E-state index in [0.29, 0.717) is 6.54 Å². The minimum absolute atomic E-state index is 0.0759. The highest BCUT2D eigenvalue weighted by Crippen LogP contribution is 2.27. The summed E-state index contributed by atoms with van der Waals surface area (Å²) in [6, 6.07) is 8.40. The second-order valence-corrected chi connectivity index (χ2v) is 7.31. The molecular formula is C20H28N4O. The molecule has 2 aromatic rings. The van der Waals surface area contributed by atoms with Gasteiger partial charge in [0.2, 0.25) is 5.91 Å². The molecule has 1 aliphatic rings. The summed E-state index contributed by atoms with van der Waals surface area (Å²) in [5.74, 6) is 0.280. The third-order valence-corrected chi connectivity index (χ3v) is 5.38. The van der Waals surface area contributed by atoms with Crippen molar-refractivity contribution in [3.8, 4) is 5.69 Å². The number of nitrogens with zero attached hydrogens (tertiary/aromatic N) is 3. The SMILES string of the molecule is Cc1ccccc1-n1nc(C)c(CN(C)C(=O)C2CCC(N)C2)c1C. The molecule has 5 heteroatoms. The summed E-state index contributed by atoms with van der Waals surface area (Å²) in [5, 5.41) is 4.72. The first-order valence-electron chi connectivity index (χ1n) is 9.00. The quantitative estimate of drug-likeness (QED) is 0.931. The van der Waals surface area contributed by atoms with Crippen molar-refractivity contribution in [2.75, 3.05) is 7.05 Å². The van der Waals surface area contributed by atoms with Gasteiger partial charge in [-0.2, -0.15) is 5.10 Å². The fourth-order valence-corrected chi connectivity index (χ4v) is 3.81. The Morgan fingerprint density at radius 3 is 2.64 bits per heavy atom. The first kappa shape index (κ1) is 17.7. The fraction of sp³-hybridized carbons (Fsp3) is 0.500. The third-order valence-electron chi connectivity index (χ3n) is 5.38. The third kappa shape index (κ3) is 3.47. The van der Waals surface area contributed by atoms with Gasteiger partial charge in [-0.1, -0.05) is 18.2 Å². The van der Waals surface area contributed by atoms with E-state index in [1.165, 1.54) is 5.56 Å². The molecule has 1 aromatic heterocycles. The van der Waals surface area contributed by atoms with Crippen LogP contribution in [-0.4, -0.2) is 33.7 Å². The molecule has 0 bridgehead atoms. The lowest BCUT2D eigenvalue weighted by Gasteiger charge is -2.21. The van der Waals surface area contributed by atoms with Gasteiger partial charge in [0.05, 0.1) is 11.4 Å². The number of carbonyl (C=O) groups is 1. The predicted molar refractivity (Wildman–Crippen MR) is 99.6 cm³/mol. The van der Waals surface area contributed by atoms with Gasteiger partial charge in [0.25, 0.3) is 0 Å². The molecule has 25 heavy (non-hydrogen) atoms. The summed E-state index contributed by atoms with van der Waals surface area (Å²) >= 11 is 0. The molecule has 1 saturated carbocycles. The Bertz CT molecular complexity index is 780. The Morgan fingerprint density at radius 2 is 2.00 bits per heavy atom. The van der Waals surface area contributed by atoms with Crippen molar-refractivity contribution in [1.82, 2.24) is 14.7 Å². The molecule has 1 fully saturated rings. The molecule has 0 aliphatic heterocycles. The van der Waals surface area contributed by atoms with E-state index >= 15 is 0 Å². The maximum atomic E-state index is 12.7. The number of aryl methyl sites for hydroxylation is 2. The highest BCUT2D eigenvalue weighted by atomic mass is 16.2. The van der Waals surface area contributed by atoms with Crippen LogP contribution in [0.2, 0.25) is 0 Å². The van der Waals surface area contributed by atoms with Crippen molar-refractivity contribution in [1.29, 1.82) is 0 Å². The van der Waals surface area contributed by atoms with Crippen molar-refractivity contribution in [2.24, 2.45) is 11.7 Å². The van der Waals surface area contributed by atoms with Crippen LogP contribution >= 0.6 is 0 Å². The van der Waals surface area contributed by atoms with Crippen LogP contribution in [0.15, 0.2) is 24.3 Å².